The SMILES string of the molecule is COC(=O)Cc1ccc(NC(=O)C2(S(C)(=O)=O)CCNCC2)cc1. The van der Waals surface area contributed by atoms with E-state index in [1.54, 1.807) is 24.3 Å². The van der Waals surface area contributed by atoms with E-state index in [0.717, 1.165) is 11.8 Å². The normalized spacial score (nSPS) is 17.1. The molecule has 1 amide bonds. The van der Waals surface area contributed by atoms with E-state index in [4.69, 9.17) is 0 Å². The van der Waals surface area contributed by atoms with Gasteiger partial charge < -0.3 is 15.4 Å². The molecule has 1 aliphatic heterocycles. The molecule has 2 N–H and O–H groups in total. The van der Waals surface area contributed by atoms with E-state index in [2.05, 4.69) is 15.4 Å². The fraction of sp³-hybridized carbons (Fsp3) is 0.500. The maximum atomic E-state index is 12.7. The summed E-state index contributed by atoms with van der Waals surface area (Å²) >= 11 is 0. The molecule has 0 spiro atoms. The standard InChI is InChI=1S/C16H22N2O5S/c1-23-14(19)11-12-3-5-13(6-4-12)18-15(20)16(24(2,21)22)7-9-17-10-8-16/h3-6,17H,7-11H2,1-2H3,(H,18,20). The zero-order chi connectivity index (χ0) is 17.8. The second-order valence-electron chi connectivity index (χ2n) is 5.92. The highest BCUT2D eigenvalue weighted by atomic mass is 32.2. The summed E-state index contributed by atoms with van der Waals surface area (Å²) < 4.78 is 27.6. The van der Waals surface area contributed by atoms with Gasteiger partial charge in [-0.05, 0) is 43.6 Å². The molecule has 0 radical (unpaired) electrons. The maximum absolute atomic E-state index is 12.7. The van der Waals surface area contributed by atoms with Crippen molar-refractivity contribution in [2.45, 2.75) is 24.0 Å². The Labute approximate surface area is 141 Å². The van der Waals surface area contributed by atoms with E-state index in [9.17, 15) is 18.0 Å². The summed E-state index contributed by atoms with van der Waals surface area (Å²) in [4.78, 5) is 23.9. The van der Waals surface area contributed by atoms with Crippen molar-refractivity contribution < 1.29 is 22.7 Å². The molecule has 8 heteroatoms. The summed E-state index contributed by atoms with van der Waals surface area (Å²) in [6, 6.07) is 6.69. The van der Waals surface area contributed by atoms with E-state index in [0.29, 0.717) is 18.8 Å². The van der Waals surface area contributed by atoms with Crippen LogP contribution in [0.25, 0.3) is 0 Å². The molecule has 1 saturated heterocycles. The number of sulfone groups is 1. The van der Waals surface area contributed by atoms with Crippen LogP contribution in [0.1, 0.15) is 18.4 Å². The zero-order valence-corrected chi connectivity index (χ0v) is 14.6. The van der Waals surface area contributed by atoms with Crippen LogP contribution in [0.5, 0.6) is 0 Å². The van der Waals surface area contributed by atoms with Crippen molar-refractivity contribution in [1.29, 1.82) is 0 Å². The van der Waals surface area contributed by atoms with Crippen molar-refractivity contribution >= 4 is 27.4 Å². The third kappa shape index (κ3) is 3.93. The molecule has 0 aliphatic carbocycles. The number of amides is 1. The minimum absolute atomic E-state index is 0.143. The molecule has 132 valence electrons. The predicted octanol–water partition coefficient (Wildman–Crippen LogP) is 0.507. The highest BCUT2D eigenvalue weighted by Crippen LogP contribution is 2.29. The molecule has 24 heavy (non-hydrogen) atoms. The van der Waals surface area contributed by atoms with E-state index in [-0.39, 0.29) is 25.2 Å². The van der Waals surface area contributed by atoms with Crippen molar-refractivity contribution in [1.82, 2.24) is 5.32 Å². The molecule has 0 atom stereocenters. The number of hydrogen-bond acceptors (Lipinski definition) is 6. The number of benzene rings is 1. The molecule has 1 aromatic rings. The molecule has 1 heterocycles. The fourth-order valence-corrected chi connectivity index (χ4v) is 4.12. The molecular weight excluding hydrogens is 332 g/mol. The van der Waals surface area contributed by atoms with Gasteiger partial charge in [-0.2, -0.15) is 0 Å². The largest absolute Gasteiger partial charge is 0.469 e. The molecule has 0 saturated carbocycles. The number of anilines is 1. The van der Waals surface area contributed by atoms with E-state index in [1.165, 1.54) is 7.11 Å². The molecule has 7 nitrogen and oxygen atoms in total. The first kappa shape index (κ1) is 18.4. The van der Waals surface area contributed by atoms with Crippen molar-refractivity contribution in [3.8, 4) is 0 Å². The Morgan fingerprint density at radius 2 is 1.79 bits per heavy atom. The van der Waals surface area contributed by atoms with Gasteiger partial charge in [0.1, 0.15) is 0 Å². The van der Waals surface area contributed by atoms with Gasteiger partial charge in [-0.15, -0.1) is 0 Å². The van der Waals surface area contributed by atoms with Crippen molar-refractivity contribution in [2.75, 3.05) is 31.8 Å². The van der Waals surface area contributed by atoms with Crippen LogP contribution in [0.3, 0.4) is 0 Å². The summed E-state index contributed by atoms with van der Waals surface area (Å²) in [5.74, 6) is -0.857. The van der Waals surface area contributed by atoms with Crippen LogP contribution in [0.15, 0.2) is 24.3 Å². The van der Waals surface area contributed by atoms with Gasteiger partial charge in [0.2, 0.25) is 5.91 Å². The van der Waals surface area contributed by atoms with Gasteiger partial charge >= 0.3 is 5.97 Å². The van der Waals surface area contributed by atoms with E-state index < -0.39 is 20.5 Å². The van der Waals surface area contributed by atoms with Crippen LogP contribution in [-0.4, -0.2) is 51.5 Å². The maximum Gasteiger partial charge on any atom is 0.309 e. The number of carbonyl (C=O) groups excluding carboxylic acids is 2. The number of piperidine rings is 1. The lowest BCUT2D eigenvalue weighted by atomic mass is 9.95. The Morgan fingerprint density at radius 3 is 2.29 bits per heavy atom. The summed E-state index contributed by atoms with van der Waals surface area (Å²) in [6.45, 7) is 0.969. The average Bonchev–Trinajstić information content (AvgIpc) is 2.56. The summed E-state index contributed by atoms with van der Waals surface area (Å²) in [6.07, 6.45) is 1.75. The first-order valence-corrected chi connectivity index (χ1v) is 9.55. The molecule has 1 fully saturated rings. The lowest BCUT2D eigenvalue weighted by Gasteiger charge is -2.34. The van der Waals surface area contributed by atoms with Gasteiger partial charge in [-0.3, -0.25) is 9.59 Å². The van der Waals surface area contributed by atoms with Gasteiger partial charge in [0, 0.05) is 11.9 Å². The number of rotatable bonds is 5. The molecular formula is C16H22N2O5S. The minimum Gasteiger partial charge on any atom is -0.469 e. The molecule has 2 rings (SSSR count). The average molecular weight is 354 g/mol. The Morgan fingerprint density at radius 1 is 1.21 bits per heavy atom. The Kier molecular flexibility index (Phi) is 5.61. The first-order valence-electron chi connectivity index (χ1n) is 7.66. The number of carbonyl (C=O) groups is 2. The van der Waals surface area contributed by atoms with Crippen LogP contribution in [0, 0.1) is 0 Å². The van der Waals surface area contributed by atoms with E-state index >= 15 is 0 Å². The highest BCUT2D eigenvalue weighted by molar-refractivity contribution is 7.92. The number of hydrogen-bond donors (Lipinski definition) is 2. The number of nitrogens with one attached hydrogen (secondary N) is 2. The minimum atomic E-state index is -3.55. The molecule has 0 unspecified atom stereocenters. The summed E-state index contributed by atoms with van der Waals surface area (Å²) in [7, 11) is -2.23. The molecule has 0 bridgehead atoms. The van der Waals surface area contributed by atoms with Crippen molar-refractivity contribution in [3.05, 3.63) is 29.8 Å². The fourth-order valence-electron chi connectivity index (χ4n) is 2.79. The van der Waals surface area contributed by atoms with Gasteiger partial charge in [0.25, 0.3) is 0 Å². The second kappa shape index (κ2) is 7.31. The quantitative estimate of drug-likeness (QED) is 0.747. The third-order valence-electron chi connectivity index (χ3n) is 4.32. The van der Waals surface area contributed by atoms with Crippen LogP contribution in [0.4, 0.5) is 5.69 Å². The predicted molar refractivity (Wildman–Crippen MR) is 90.5 cm³/mol. The Balaban J connectivity index is 2.14. The molecule has 1 aromatic carbocycles. The topological polar surface area (TPSA) is 102 Å². The van der Waals surface area contributed by atoms with Crippen molar-refractivity contribution in [3.63, 3.8) is 0 Å². The van der Waals surface area contributed by atoms with Gasteiger partial charge in [0.15, 0.2) is 14.6 Å². The van der Waals surface area contributed by atoms with Crippen LogP contribution >= 0.6 is 0 Å². The zero-order valence-electron chi connectivity index (χ0n) is 13.8. The number of methoxy groups -OCH3 is 1. The third-order valence-corrected chi connectivity index (χ3v) is 6.34. The van der Waals surface area contributed by atoms with Gasteiger partial charge in [0.05, 0.1) is 13.5 Å². The lowest BCUT2D eigenvalue weighted by Crippen LogP contribution is -2.55. The Bertz CT molecular complexity index is 706. The smallest absolute Gasteiger partial charge is 0.309 e. The van der Waals surface area contributed by atoms with Gasteiger partial charge in [-0.25, -0.2) is 8.42 Å². The van der Waals surface area contributed by atoms with Gasteiger partial charge in [-0.1, -0.05) is 12.1 Å². The number of esters is 1. The monoisotopic (exact) mass is 354 g/mol. The Hall–Kier alpha value is -1.93. The number of ether oxygens (including phenoxy) is 1. The van der Waals surface area contributed by atoms with Crippen LogP contribution in [0.2, 0.25) is 0 Å². The summed E-state index contributed by atoms with van der Waals surface area (Å²) in [5, 5.41) is 5.76. The lowest BCUT2D eigenvalue weighted by molar-refractivity contribution is -0.139. The summed E-state index contributed by atoms with van der Waals surface area (Å²) in [5.41, 5.74) is 1.25. The van der Waals surface area contributed by atoms with Crippen LogP contribution in [-0.2, 0) is 30.6 Å². The van der Waals surface area contributed by atoms with Crippen LogP contribution < -0.4 is 10.6 Å². The molecule has 0 aromatic heterocycles. The van der Waals surface area contributed by atoms with Crippen molar-refractivity contribution in [2.24, 2.45) is 0 Å². The molecule has 1 aliphatic rings. The first-order chi connectivity index (χ1) is 11.3. The van der Waals surface area contributed by atoms with E-state index in [1.807, 2.05) is 0 Å². The highest BCUT2D eigenvalue weighted by Gasteiger charge is 2.48. The second-order valence-corrected chi connectivity index (χ2v) is 8.25.